The molecule has 0 aromatic heterocycles. The van der Waals surface area contributed by atoms with Crippen molar-refractivity contribution >= 4 is 0 Å². The molecule has 2 aliphatic rings. The van der Waals surface area contributed by atoms with Gasteiger partial charge in [0, 0.05) is 23.9 Å². The highest BCUT2D eigenvalue weighted by molar-refractivity contribution is 5.38. The van der Waals surface area contributed by atoms with Gasteiger partial charge >= 0.3 is 0 Å². The number of nitrogens with two attached hydrogens (primary N) is 1. The van der Waals surface area contributed by atoms with Crippen LogP contribution in [0.15, 0.2) is 18.2 Å². The van der Waals surface area contributed by atoms with E-state index in [-0.39, 0.29) is 17.5 Å². The van der Waals surface area contributed by atoms with E-state index in [2.05, 4.69) is 13.8 Å². The summed E-state index contributed by atoms with van der Waals surface area (Å²) in [6, 6.07) is 4.78. The SMILES string of the molecule is CC1(C)CCC(N)(CC2Cc3cc(F)ccc3O2)CC1. The summed E-state index contributed by atoms with van der Waals surface area (Å²) in [6.07, 6.45) is 6.25. The number of fused-ring (bicyclic) bond motifs is 1. The maximum atomic E-state index is 13.2. The standard InChI is InChI=1S/C17H24FNO/c1-16(2)5-7-17(19,8-6-16)11-14-10-12-9-13(18)3-4-15(12)20-14/h3-4,9,14H,5-8,10-11,19H2,1-2H3. The molecule has 1 aromatic rings. The van der Waals surface area contributed by atoms with Crippen LogP contribution in [0.25, 0.3) is 0 Å². The number of benzene rings is 1. The lowest BCUT2D eigenvalue weighted by atomic mass is 9.68. The molecule has 1 saturated carbocycles. The summed E-state index contributed by atoms with van der Waals surface area (Å²) in [7, 11) is 0. The zero-order valence-electron chi connectivity index (χ0n) is 12.4. The van der Waals surface area contributed by atoms with Gasteiger partial charge in [-0.2, -0.15) is 0 Å². The maximum Gasteiger partial charge on any atom is 0.123 e. The van der Waals surface area contributed by atoms with Crippen molar-refractivity contribution in [1.82, 2.24) is 0 Å². The van der Waals surface area contributed by atoms with Crippen LogP contribution in [0.3, 0.4) is 0 Å². The Balaban J connectivity index is 1.63. The van der Waals surface area contributed by atoms with Crippen LogP contribution in [0.4, 0.5) is 4.39 Å². The van der Waals surface area contributed by atoms with Crippen LogP contribution in [0, 0.1) is 11.2 Å². The summed E-state index contributed by atoms with van der Waals surface area (Å²) in [4.78, 5) is 0. The normalized spacial score (nSPS) is 26.9. The summed E-state index contributed by atoms with van der Waals surface area (Å²) in [5.74, 6) is 0.644. The molecular formula is C17H24FNO. The van der Waals surface area contributed by atoms with Gasteiger partial charge in [-0.3, -0.25) is 0 Å². The summed E-state index contributed by atoms with van der Waals surface area (Å²) in [5, 5.41) is 0. The first-order valence-corrected chi connectivity index (χ1v) is 7.59. The maximum absolute atomic E-state index is 13.2. The molecule has 0 amide bonds. The summed E-state index contributed by atoms with van der Waals surface area (Å²) < 4.78 is 19.2. The highest BCUT2D eigenvalue weighted by Gasteiger charge is 2.38. The van der Waals surface area contributed by atoms with Gasteiger partial charge in [-0.15, -0.1) is 0 Å². The fourth-order valence-corrected chi connectivity index (χ4v) is 3.49. The fourth-order valence-electron chi connectivity index (χ4n) is 3.49. The van der Waals surface area contributed by atoms with Crippen LogP contribution in [0.1, 0.15) is 51.5 Å². The third-order valence-corrected chi connectivity index (χ3v) is 5.00. The van der Waals surface area contributed by atoms with Gasteiger partial charge in [-0.25, -0.2) is 4.39 Å². The van der Waals surface area contributed by atoms with Crippen molar-refractivity contribution in [2.75, 3.05) is 0 Å². The van der Waals surface area contributed by atoms with E-state index in [0.29, 0.717) is 5.41 Å². The molecule has 1 atom stereocenters. The predicted octanol–water partition coefficient (Wildman–Crippen LogP) is 3.82. The van der Waals surface area contributed by atoms with E-state index in [1.165, 1.54) is 18.9 Å². The Kier molecular flexibility index (Phi) is 3.28. The molecule has 110 valence electrons. The lowest BCUT2D eigenvalue weighted by molar-refractivity contribution is 0.112. The third kappa shape index (κ3) is 2.83. The predicted molar refractivity (Wildman–Crippen MR) is 78.3 cm³/mol. The molecule has 0 radical (unpaired) electrons. The molecule has 20 heavy (non-hydrogen) atoms. The van der Waals surface area contributed by atoms with Crippen LogP contribution in [0.2, 0.25) is 0 Å². The van der Waals surface area contributed by atoms with Crippen molar-refractivity contribution in [2.45, 2.75) is 64.0 Å². The Morgan fingerprint density at radius 3 is 2.65 bits per heavy atom. The fraction of sp³-hybridized carbons (Fsp3) is 0.647. The van der Waals surface area contributed by atoms with E-state index in [0.717, 1.165) is 37.0 Å². The molecule has 1 unspecified atom stereocenters. The van der Waals surface area contributed by atoms with Crippen molar-refractivity contribution in [3.8, 4) is 5.75 Å². The van der Waals surface area contributed by atoms with Crippen molar-refractivity contribution in [3.63, 3.8) is 0 Å². The van der Waals surface area contributed by atoms with Gasteiger partial charge in [0.2, 0.25) is 0 Å². The van der Waals surface area contributed by atoms with Crippen LogP contribution < -0.4 is 10.5 Å². The quantitative estimate of drug-likeness (QED) is 0.892. The Hall–Kier alpha value is -1.09. The van der Waals surface area contributed by atoms with Crippen LogP contribution in [-0.4, -0.2) is 11.6 Å². The molecule has 2 N–H and O–H groups in total. The minimum absolute atomic E-state index is 0.109. The van der Waals surface area contributed by atoms with E-state index in [1.54, 1.807) is 12.1 Å². The van der Waals surface area contributed by atoms with E-state index >= 15 is 0 Å². The average Bonchev–Trinajstić information content (AvgIpc) is 2.75. The average molecular weight is 277 g/mol. The van der Waals surface area contributed by atoms with Gasteiger partial charge in [0.1, 0.15) is 17.7 Å². The van der Waals surface area contributed by atoms with Crippen LogP contribution >= 0.6 is 0 Å². The number of halogens is 1. The van der Waals surface area contributed by atoms with Gasteiger partial charge in [-0.1, -0.05) is 13.8 Å². The Morgan fingerprint density at radius 2 is 1.95 bits per heavy atom. The first-order valence-electron chi connectivity index (χ1n) is 7.59. The number of hydrogen-bond donors (Lipinski definition) is 1. The van der Waals surface area contributed by atoms with E-state index in [9.17, 15) is 4.39 Å². The lowest BCUT2D eigenvalue weighted by Gasteiger charge is -2.42. The molecular weight excluding hydrogens is 253 g/mol. The highest BCUT2D eigenvalue weighted by Crippen LogP contribution is 2.42. The number of hydrogen-bond acceptors (Lipinski definition) is 2. The summed E-state index contributed by atoms with van der Waals surface area (Å²) >= 11 is 0. The second-order valence-corrected chi connectivity index (χ2v) is 7.43. The monoisotopic (exact) mass is 277 g/mol. The minimum Gasteiger partial charge on any atom is -0.490 e. The smallest absolute Gasteiger partial charge is 0.123 e. The second-order valence-electron chi connectivity index (χ2n) is 7.43. The number of ether oxygens (including phenoxy) is 1. The topological polar surface area (TPSA) is 35.2 Å². The Bertz CT molecular complexity index is 502. The molecule has 1 aliphatic carbocycles. The molecule has 1 fully saturated rings. The third-order valence-electron chi connectivity index (χ3n) is 5.00. The molecule has 0 saturated heterocycles. The molecule has 3 heteroatoms. The first kappa shape index (κ1) is 13.9. The number of rotatable bonds is 2. The van der Waals surface area contributed by atoms with Gasteiger partial charge in [-0.05, 0) is 49.3 Å². The van der Waals surface area contributed by atoms with Crippen LogP contribution in [0.5, 0.6) is 5.75 Å². The zero-order valence-corrected chi connectivity index (χ0v) is 12.4. The van der Waals surface area contributed by atoms with Gasteiger partial charge in [0.25, 0.3) is 0 Å². The molecule has 1 aromatic carbocycles. The Labute approximate surface area is 120 Å². The minimum atomic E-state index is -0.185. The van der Waals surface area contributed by atoms with Crippen molar-refractivity contribution in [2.24, 2.45) is 11.1 Å². The first-order chi connectivity index (χ1) is 9.35. The highest BCUT2D eigenvalue weighted by atomic mass is 19.1. The summed E-state index contributed by atoms with van der Waals surface area (Å²) in [5.41, 5.74) is 7.86. The lowest BCUT2D eigenvalue weighted by Crippen LogP contribution is -2.48. The van der Waals surface area contributed by atoms with Crippen LogP contribution in [-0.2, 0) is 6.42 Å². The van der Waals surface area contributed by atoms with Gasteiger partial charge in [0.15, 0.2) is 0 Å². The molecule has 2 nitrogen and oxygen atoms in total. The largest absolute Gasteiger partial charge is 0.490 e. The second kappa shape index (κ2) is 4.73. The van der Waals surface area contributed by atoms with Crippen molar-refractivity contribution < 1.29 is 9.13 Å². The molecule has 0 spiro atoms. The van der Waals surface area contributed by atoms with Crippen molar-refractivity contribution in [1.29, 1.82) is 0 Å². The van der Waals surface area contributed by atoms with Gasteiger partial charge < -0.3 is 10.5 Å². The molecule has 1 heterocycles. The molecule has 0 bridgehead atoms. The van der Waals surface area contributed by atoms with E-state index in [1.807, 2.05) is 0 Å². The van der Waals surface area contributed by atoms with Crippen molar-refractivity contribution in [3.05, 3.63) is 29.6 Å². The van der Waals surface area contributed by atoms with Gasteiger partial charge in [0.05, 0.1) is 0 Å². The van der Waals surface area contributed by atoms with E-state index in [4.69, 9.17) is 10.5 Å². The summed E-state index contributed by atoms with van der Waals surface area (Å²) in [6.45, 7) is 4.63. The molecule has 1 aliphatic heterocycles. The van der Waals surface area contributed by atoms with E-state index < -0.39 is 0 Å². The zero-order chi connectivity index (χ0) is 14.4. The Morgan fingerprint density at radius 1 is 1.25 bits per heavy atom. The molecule has 3 rings (SSSR count).